The van der Waals surface area contributed by atoms with Crippen LogP contribution in [-0.2, 0) is 6.54 Å². The number of benzene rings is 2. The number of rotatable bonds is 9. The van der Waals surface area contributed by atoms with Gasteiger partial charge in [0, 0.05) is 61.9 Å². The zero-order valence-corrected chi connectivity index (χ0v) is 20.4. The average molecular weight is 463 g/mol. The maximum absolute atomic E-state index is 12.8. The van der Waals surface area contributed by atoms with E-state index in [-0.39, 0.29) is 11.9 Å². The highest BCUT2D eigenvalue weighted by Gasteiger charge is 2.24. The monoisotopic (exact) mass is 462 g/mol. The number of nitrogens with one attached hydrogen (secondary N) is 2. The summed E-state index contributed by atoms with van der Waals surface area (Å²) in [6, 6.07) is 21.4. The van der Waals surface area contributed by atoms with E-state index in [2.05, 4.69) is 69.4 Å². The number of anilines is 1. The molecule has 1 amide bonds. The van der Waals surface area contributed by atoms with E-state index in [9.17, 15) is 4.79 Å². The second-order valence-corrected chi connectivity index (χ2v) is 9.38. The lowest BCUT2D eigenvalue weighted by Gasteiger charge is -2.36. The molecule has 3 aromatic rings. The van der Waals surface area contributed by atoms with Crippen molar-refractivity contribution in [2.24, 2.45) is 0 Å². The van der Waals surface area contributed by atoms with Crippen LogP contribution in [0.2, 0.25) is 0 Å². The van der Waals surface area contributed by atoms with Crippen molar-refractivity contribution in [2.45, 2.75) is 26.4 Å². The summed E-state index contributed by atoms with van der Waals surface area (Å²) in [6.45, 7) is 10.3. The number of hydrogen-bond acceptors (Lipinski definition) is 5. The molecule has 2 aromatic carbocycles. The molecule has 0 saturated carbocycles. The minimum Gasteiger partial charge on any atom is -0.380 e. The third kappa shape index (κ3) is 5.82. The normalized spacial score (nSPS) is 15.2. The molecule has 0 aliphatic carbocycles. The van der Waals surface area contributed by atoms with Crippen molar-refractivity contribution >= 4 is 22.9 Å². The van der Waals surface area contributed by atoms with E-state index >= 15 is 0 Å². The molecule has 2 heterocycles. The topological polar surface area (TPSA) is 47.6 Å². The van der Waals surface area contributed by atoms with E-state index in [4.69, 9.17) is 0 Å². The Kier molecular flexibility index (Phi) is 8.15. The predicted octanol–water partition coefficient (Wildman–Crippen LogP) is 4.84. The minimum atomic E-state index is 0.102. The summed E-state index contributed by atoms with van der Waals surface area (Å²) in [5, 5.41) is 9.16. The third-order valence-electron chi connectivity index (χ3n) is 6.29. The van der Waals surface area contributed by atoms with E-state index < -0.39 is 0 Å². The van der Waals surface area contributed by atoms with E-state index in [1.165, 1.54) is 16.0 Å². The molecule has 174 valence electrons. The van der Waals surface area contributed by atoms with Gasteiger partial charge in [0.05, 0.1) is 6.04 Å². The number of thiophene rings is 1. The van der Waals surface area contributed by atoms with Gasteiger partial charge >= 0.3 is 0 Å². The van der Waals surface area contributed by atoms with Gasteiger partial charge in [-0.05, 0) is 60.7 Å². The number of carbonyl (C=O) groups excluding carboxylic acids is 1. The summed E-state index contributed by atoms with van der Waals surface area (Å²) >= 11 is 1.77. The molecule has 1 aromatic heterocycles. The van der Waals surface area contributed by atoms with Crippen molar-refractivity contribution < 1.29 is 4.79 Å². The highest BCUT2D eigenvalue weighted by Crippen LogP contribution is 2.31. The molecular weight excluding hydrogens is 428 g/mol. The van der Waals surface area contributed by atoms with Gasteiger partial charge in [0.1, 0.15) is 0 Å². The van der Waals surface area contributed by atoms with E-state index in [1.807, 2.05) is 30.9 Å². The minimum absolute atomic E-state index is 0.102. The van der Waals surface area contributed by atoms with E-state index in [0.29, 0.717) is 0 Å². The summed E-state index contributed by atoms with van der Waals surface area (Å²) in [7, 11) is 0. The zero-order chi connectivity index (χ0) is 23.0. The standard InChI is InChI=1S/C27H34N4OS/c1-3-30(4-2)27(32)22-12-10-21(11-13-22)26(31-16-14-28-15-17-31)23-7-5-8-24(19-23)29-20-25-9-6-18-33-25/h5-13,18-19,26,28-29H,3-4,14-17,20H2,1-2H3/t26-/m1/s1. The maximum Gasteiger partial charge on any atom is 0.253 e. The Morgan fingerprint density at radius 2 is 1.79 bits per heavy atom. The predicted molar refractivity (Wildman–Crippen MR) is 138 cm³/mol. The molecule has 0 spiro atoms. The number of carbonyl (C=O) groups is 1. The van der Waals surface area contributed by atoms with Crippen molar-refractivity contribution in [1.82, 2.24) is 15.1 Å². The number of piperazine rings is 1. The van der Waals surface area contributed by atoms with Gasteiger partial charge in [-0.15, -0.1) is 11.3 Å². The van der Waals surface area contributed by atoms with Gasteiger partial charge in [-0.2, -0.15) is 0 Å². The molecule has 1 aliphatic heterocycles. The molecule has 1 saturated heterocycles. The first-order valence-corrected chi connectivity index (χ1v) is 12.8. The highest BCUT2D eigenvalue weighted by molar-refractivity contribution is 7.09. The first-order valence-electron chi connectivity index (χ1n) is 11.9. The van der Waals surface area contributed by atoms with Gasteiger partial charge in [-0.3, -0.25) is 9.69 Å². The largest absolute Gasteiger partial charge is 0.380 e. The van der Waals surface area contributed by atoms with Gasteiger partial charge in [-0.25, -0.2) is 0 Å². The Morgan fingerprint density at radius 1 is 1.03 bits per heavy atom. The Hall–Kier alpha value is -2.67. The van der Waals surface area contributed by atoms with Gasteiger partial charge in [0.25, 0.3) is 5.91 Å². The van der Waals surface area contributed by atoms with Crippen LogP contribution >= 0.6 is 11.3 Å². The third-order valence-corrected chi connectivity index (χ3v) is 7.17. The summed E-state index contributed by atoms with van der Waals surface area (Å²) in [5.41, 5.74) is 4.39. The molecule has 4 rings (SSSR count). The van der Waals surface area contributed by atoms with Crippen LogP contribution in [0.3, 0.4) is 0 Å². The lowest BCUT2D eigenvalue weighted by atomic mass is 9.95. The molecule has 1 fully saturated rings. The molecule has 0 unspecified atom stereocenters. The Balaban J connectivity index is 1.59. The lowest BCUT2D eigenvalue weighted by molar-refractivity contribution is 0.0773. The summed E-state index contributed by atoms with van der Waals surface area (Å²) in [6.07, 6.45) is 0. The van der Waals surface area contributed by atoms with Gasteiger partial charge < -0.3 is 15.5 Å². The van der Waals surface area contributed by atoms with Crippen molar-refractivity contribution in [3.63, 3.8) is 0 Å². The lowest BCUT2D eigenvalue weighted by Crippen LogP contribution is -2.45. The van der Waals surface area contributed by atoms with E-state index in [0.717, 1.165) is 57.1 Å². The molecule has 0 radical (unpaired) electrons. The SMILES string of the molecule is CCN(CC)C(=O)c1ccc([C@H](c2cccc(NCc3cccs3)c2)N2CCNCC2)cc1. The van der Waals surface area contributed by atoms with Gasteiger partial charge in [-0.1, -0.05) is 30.3 Å². The van der Waals surface area contributed by atoms with E-state index in [1.54, 1.807) is 11.3 Å². The zero-order valence-electron chi connectivity index (χ0n) is 19.6. The second kappa shape index (κ2) is 11.5. The Morgan fingerprint density at radius 3 is 2.45 bits per heavy atom. The molecule has 0 bridgehead atoms. The molecule has 2 N–H and O–H groups in total. The second-order valence-electron chi connectivity index (χ2n) is 8.35. The Labute approximate surface area is 201 Å². The molecule has 1 aliphatic rings. The fraction of sp³-hybridized carbons (Fsp3) is 0.370. The highest BCUT2D eigenvalue weighted by atomic mass is 32.1. The molecule has 6 heteroatoms. The molecular formula is C27H34N4OS. The van der Waals surface area contributed by atoms with Crippen LogP contribution < -0.4 is 10.6 Å². The quantitative estimate of drug-likeness (QED) is 0.478. The number of hydrogen-bond donors (Lipinski definition) is 2. The molecule has 5 nitrogen and oxygen atoms in total. The fourth-order valence-corrected chi connectivity index (χ4v) is 5.12. The van der Waals surface area contributed by atoms with Gasteiger partial charge in [0.15, 0.2) is 0 Å². The smallest absolute Gasteiger partial charge is 0.253 e. The molecule has 1 atom stereocenters. The first-order chi connectivity index (χ1) is 16.2. The Bertz CT molecular complexity index is 1010. The van der Waals surface area contributed by atoms with Gasteiger partial charge in [0.2, 0.25) is 0 Å². The van der Waals surface area contributed by atoms with Crippen LogP contribution in [-0.4, -0.2) is 55.0 Å². The summed E-state index contributed by atoms with van der Waals surface area (Å²) in [4.78, 5) is 18.5. The summed E-state index contributed by atoms with van der Waals surface area (Å²) in [5.74, 6) is 0.102. The van der Waals surface area contributed by atoms with Crippen LogP contribution in [0.15, 0.2) is 66.0 Å². The van der Waals surface area contributed by atoms with Crippen LogP contribution in [0.25, 0.3) is 0 Å². The van der Waals surface area contributed by atoms with Crippen LogP contribution in [0.1, 0.15) is 46.3 Å². The van der Waals surface area contributed by atoms with Crippen LogP contribution in [0, 0.1) is 0 Å². The summed E-state index contributed by atoms with van der Waals surface area (Å²) < 4.78 is 0. The maximum atomic E-state index is 12.8. The number of amides is 1. The van der Waals surface area contributed by atoms with Crippen LogP contribution in [0.5, 0.6) is 0 Å². The van der Waals surface area contributed by atoms with Crippen molar-refractivity contribution in [1.29, 1.82) is 0 Å². The van der Waals surface area contributed by atoms with Crippen molar-refractivity contribution in [3.8, 4) is 0 Å². The van der Waals surface area contributed by atoms with Crippen molar-refractivity contribution in [2.75, 3.05) is 44.6 Å². The molecule has 33 heavy (non-hydrogen) atoms. The fourth-order valence-electron chi connectivity index (χ4n) is 4.48. The van der Waals surface area contributed by atoms with Crippen molar-refractivity contribution in [3.05, 3.63) is 87.6 Å². The number of nitrogens with zero attached hydrogens (tertiary/aromatic N) is 2. The first kappa shape index (κ1) is 23.5. The average Bonchev–Trinajstić information content (AvgIpc) is 3.39. The van der Waals surface area contributed by atoms with Crippen LogP contribution in [0.4, 0.5) is 5.69 Å².